The minimum atomic E-state index is 0.237. The Hall–Kier alpha value is -1.67. The van der Waals surface area contributed by atoms with Crippen molar-refractivity contribution in [2.24, 2.45) is 0 Å². The van der Waals surface area contributed by atoms with Gasteiger partial charge in [0.15, 0.2) is 0 Å². The van der Waals surface area contributed by atoms with Crippen molar-refractivity contribution in [3.05, 3.63) is 58.6 Å². The van der Waals surface area contributed by atoms with Crippen LogP contribution in [0, 0.1) is 6.92 Å². The molecule has 2 aromatic rings. The standard InChI is InChI=1S/C17H20ClNO/c1-4-16(13-6-8-14(20-3)9-7-13)19-17-10-5-12(2)11-15(17)18/h5-11,16,19H,4H2,1-3H3. The summed E-state index contributed by atoms with van der Waals surface area (Å²) >= 11 is 6.28. The summed E-state index contributed by atoms with van der Waals surface area (Å²) in [5.74, 6) is 0.872. The summed E-state index contributed by atoms with van der Waals surface area (Å²) in [5.41, 5.74) is 3.36. The Bertz CT molecular complexity index is 566. The van der Waals surface area contributed by atoms with Gasteiger partial charge in [-0.1, -0.05) is 36.7 Å². The summed E-state index contributed by atoms with van der Waals surface area (Å²) in [6.07, 6.45) is 0.983. The van der Waals surface area contributed by atoms with Crippen LogP contribution in [0.1, 0.15) is 30.5 Å². The number of benzene rings is 2. The van der Waals surface area contributed by atoms with Crippen LogP contribution in [0.4, 0.5) is 5.69 Å². The summed E-state index contributed by atoms with van der Waals surface area (Å²) < 4.78 is 5.19. The van der Waals surface area contributed by atoms with Gasteiger partial charge in [-0.25, -0.2) is 0 Å². The monoisotopic (exact) mass is 289 g/mol. The van der Waals surface area contributed by atoms with Crippen LogP contribution in [0.25, 0.3) is 0 Å². The lowest BCUT2D eigenvalue weighted by molar-refractivity contribution is 0.414. The van der Waals surface area contributed by atoms with Crippen LogP contribution < -0.4 is 10.1 Å². The first-order chi connectivity index (χ1) is 9.63. The highest BCUT2D eigenvalue weighted by Crippen LogP contribution is 2.29. The van der Waals surface area contributed by atoms with E-state index in [1.807, 2.05) is 31.2 Å². The number of rotatable bonds is 5. The van der Waals surface area contributed by atoms with Crippen molar-refractivity contribution >= 4 is 17.3 Å². The van der Waals surface area contributed by atoms with E-state index >= 15 is 0 Å². The second-order valence-corrected chi connectivity index (χ2v) is 5.27. The fraction of sp³-hybridized carbons (Fsp3) is 0.294. The predicted molar refractivity (Wildman–Crippen MR) is 85.8 cm³/mol. The number of methoxy groups -OCH3 is 1. The molecular weight excluding hydrogens is 270 g/mol. The Morgan fingerprint density at radius 2 is 1.85 bits per heavy atom. The summed E-state index contributed by atoms with van der Waals surface area (Å²) in [4.78, 5) is 0. The highest BCUT2D eigenvalue weighted by atomic mass is 35.5. The van der Waals surface area contributed by atoms with E-state index in [-0.39, 0.29) is 6.04 Å². The first-order valence-corrected chi connectivity index (χ1v) is 7.18. The Morgan fingerprint density at radius 3 is 2.40 bits per heavy atom. The predicted octanol–water partition coefficient (Wildman–Crippen LogP) is 5.22. The zero-order valence-electron chi connectivity index (χ0n) is 12.1. The molecule has 0 saturated carbocycles. The molecule has 0 bridgehead atoms. The first-order valence-electron chi connectivity index (χ1n) is 6.80. The normalized spacial score (nSPS) is 12.0. The van der Waals surface area contributed by atoms with Gasteiger partial charge in [-0.3, -0.25) is 0 Å². The Labute approximate surface area is 125 Å². The first kappa shape index (κ1) is 14.7. The maximum Gasteiger partial charge on any atom is 0.118 e. The third-order valence-electron chi connectivity index (χ3n) is 3.38. The van der Waals surface area contributed by atoms with E-state index < -0.39 is 0 Å². The Morgan fingerprint density at radius 1 is 1.15 bits per heavy atom. The van der Waals surface area contributed by atoms with Gasteiger partial charge < -0.3 is 10.1 Å². The molecule has 0 spiro atoms. The van der Waals surface area contributed by atoms with Gasteiger partial charge in [-0.2, -0.15) is 0 Å². The minimum absolute atomic E-state index is 0.237. The fourth-order valence-electron chi connectivity index (χ4n) is 2.18. The van der Waals surface area contributed by atoms with Crippen molar-refractivity contribution < 1.29 is 4.74 Å². The molecule has 0 aliphatic heterocycles. The lowest BCUT2D eigenvalue weighted by Crippen LogP contribution is -2.10. The zero-order chi connectivity index (χ0) is 14.5. The van der Waals surface area contributed by atoms with E-state index in [2.05, 4.69) is 30.4 Å². The molecule has 2 rings (SSSR count). The average molecular weight is 290 g/mol. The molecule has 0 amide bonds. The molecule has 2 nitrogen and oxygen atoms in total. The molecule has 0 aromatic heterocycles. The van der Waals surface area contributed by atoms with Gasteiger partial charge in [-0.05, 0) is 48.7 Å². The zero-order valence-corrected chi connectivity index (χ0v) is 12.9. The maximum atomic E-state index is 6.28. The van der Waals surface area contributed by atoms with Crippen molar-refractivity contribution in [1.29, 1.82) is 0 Å². The van der Waals surface area contributed by atoms with E-state index in [0.717, 1.165) is 28.4 Å². The van der Waals surface area contributed by atoms with Gasteiger partial charge in [-0.15, -0.1) is 0 Å². The summed E-state index contributed by atoms with van der Waals surface area (Å²) in [6, 6.07) is 14.4. The molecule has 0 radical (unpaired) electrons. The van der Waals surface area contributed by atoms with Crippen LogP contribution in [0.2, 0.25) is 5.02 Å². The van der Waals surface area contributed by atoms with Gasteiger partial charge in [0.1, 0.15) is 5.75 Å². The number of aryl methyl sites for hydroxylation is 1. The second kappa shape index (κ2) is 6.67. The molecule has 20 heavy (non-hydrogen) atoms. The molecule has 0 aliphatic carbocycles. The summed E-state index contributed by atoms with van der Waals surface area (Å²) in [5, 5.41) is 4.27. The molecule has 0 saturated heterocycles. The van der Waals surface area contributed by atoms with Crippen LogP contribution in [-0.4, -0.2) is 7.11 Å². The van der Waals surface area contributed by atoms with E-state index in [0.29, 0.717) is 0 Å². The summed E-state index contributed by atoms with van der Waals surface area (Å²) in [7, 11) is 1.68. The van der Waals surface area contributed by atoms with E-state index in [4.69, 9.17) is 16.3 Å². The number of ether oxygens (including phenoxy) is 1. The highest BCUT2D eigenvalue weighted by molar-refractivity contribution is 6.33. The van der Waals surface area contributed by atoms with Gasteiger partial charge in [0, 0.05) is 0 Å². The van der Waals surface area contributed by atoms with E-state index in [9.17, 15) is 0 Å². The maximum absolute atomic E-state index is 6.28. The molecule has 3 heteroatoms. The van der Waals surface area contributed by atoms with Gasteiger partial charge >= 0.3 is 0 Å². The summed E-state index contributed by atoms with van der Waals surface area (Å²) in [6.45, 7) is 4.19. The van der Waals surface area contributed by atoms with Gasteiger partial charge in [0.25, 0.3) is 0 Å². The van der Waals surface area contributed by atoms with Crippen LogP contribution in [0.3, 0.4) is 0 Å². The van der Waals surface area contributed by atoms with Crippen molar-refractivity contribution in [3.63, 3.8) is 0 Å². The topological polar surface area (TPSA) is 21.3 Å². The molecule has 106 valence electrons. The van der Waals surface area contributed by atoms with E-state index in [1.54, 1.807) is 7.11 Å². The van der Waals surface area contributed by atoms with Crippen molar-refractivity contribution in [2.45, 2.75) is 26.3 Å². The molecule has 1 atom stereocenters. The van der Waals surface area contributed by atoms with Gasteiger partial charge in [0.05, 0.1) is 23.9 Å². The van der Waals surface area contributed by atoms with Gasteiger partial charge in [0.2, 0.25) is 0 Å². The molecule has 0 aliphatic rings. The van der Waals surface area contributed by atoms with Crippen LogP contribution in [0.5, 0.6) is 5.75 Å². The third-order valence-corrected chi connectivity index (χ3v) is 3.69. The van der Waals surface area contributed by atoms with Crippen LogP contribution >= 0.6 is 11.6 Å². The number of nitrogens with one attached hydrogen (secondary N) is 1. The average Bonchev–Trinajstić information content (AvgIpc) is 2.47. The second-order valence-electron chi connectivity index (χ2n) is 4.86. The largest absolute Gasteiger partial charge is 0.497 e. The molecular formula is C17H20ClNO. The lowest BCUT2D eigenvalue weighted by atomic mass is 10.0. The molecule has 1 N–H and O–H groups in total. The van der Waals surface area contributed by atoms with Crippen molar-refractivity contribution in [3.8, 4) is 5.75 Å². The van der Waals surface area contributed by atoms with E-state index in [1.165, 1.54) is 5.56 Å². The van der Waals surface area contributed by atoms with Crippen molar-refractivity contribution in [1.82, 2.24) is 0 Å². The number of hydrogen-bond donors (Lipinski definition) is 1. The van der Waals surface area contributed by atoms with Crippen molar-refractivity contribution in [2.75, 3.05) is 12.4 Å². The number of hydrogen-bond acceptors (Lipinski definition) is 2. The highest BCUT2D eigenvalue weighted by Gasteiger charge is 2.11. The quantitative estimate of drug-likeness (QED) is 0.815. The SMILES string of the molecule is CCC(Nc1ccc(C)cc1Cl)c1ccc(OC)cc1. The lowest BCUT2D eigenvalue weighted by Gasteiger charge is -2.20. The fourth-order valence-corrected chi connectivity index (χ4v) is 2.47. The van der Waals surface area contributed by atoms with Crippen LogP contribution in [0.15, 0.2) is 42.5 Å². The molecule has 1 unspecified atom stereocenters. The molecule has 2 aromatic carbocycles. The Balaban J connectivity index is 2.19. The van der Waals surface area contributed by atoms with Crippen LogP contribution in [-0.2, 0) is 0 Å². The third kappa shape index (κ3) is 3.45. The molecule has 0 heterocycles. The number of anilines is 1. The number of halogens is 1. The minimum Gasteiger partial charge on any atom is -0.497 e. The molecule has 0 fully saturated rings. The smallest absolute Gasteiger partial charge is 0.118 e. The Kier molecular flexibility index (Phi) is 4.91.